The van der Waals surface area contributed by atoms with Crippen LogP contribution >= 0.6 is 0 Å². The Balaban J connectivity index is 2.16. The Bertz CT molecular complexity index is 968. The van der Waals surface area contributed by atoms with Crippen molar-refractivity contribution < 1.29 is 9.53 Å². The van der Waals surface area contributed by atoms with E-state index < -0.39 is 0 Å². The van der Waals surface area contributed by atoms with Crippen molar-refractivity contribution in [3.63, 3.8) is 0 Å². The first-order valence-electron chi connectivity index (χ1n) is 7.07. The first kappa shape index (κ1) is 12.8. The van der Waals surface area contributed by atoms with Gasteiger partial charge in [0.05, 0.1) is 11.3 Å². The molecule has 3 aromatic rings. The molecule has 108 valence electrons. The van der Waals surface area contributed by atoms with Crippen molar-refractivity contribution in [1.82, 2.24) is 4.57 Å². The fourth-order valence-corrected chi connectivity index (χ4v) is 2.87. The van der Waals surface area contributed by atoms with Gasteiger partial charge in [0.2, 0.25) is 11.7 Å². The molecule has 0 radical (unpaired) electrons. The number of hydrogen-bond donors (Lipinski definition) is 0. The van der Waals surface area contributed by atoms with Gasteiger partial charge in [0, 0.05) is 10.8 Å². The van der Waals surface area contributed by atoms with Crippen LogP contribution in [0.2, 0.25) is 0 Å². The number of nitrogens with zero attached hydrogens (tertiary/aromatic N) is 1. The van der Waals surface area contributed by atoms with Gasteiger partial charge in [0.25, 0.3) is 5.56 Å². The zero-order chi connectivity index (χ0) is 15.3. The lowest BCUT2D eigenvalue weighted by Crippen LogP contribution is -2.20. The third kappa shape index (κ3) is 1.70. The molecule has 1 aliphatic heterocycles. The molecule has 1 aliphatic rings. The van der Waals surface area contributed by atoms with Crippen LogP contribution in [0.5, 0.6) is 5.88 Å². The molecule has 0 unspecified atom stereocenters. The minimum Gasteiger partial charge on any atom is -0.470 e. The summed E-state index contributed by atoms with van der Waals surface area (Å²) in [5.74, 6) is 0.254. The summed E-state index contributed by atoms with van der Waals surface area (Å²) in [7, 11) is 0. The van der Waals surface area contributed by atoms with Crippen molar-refractivity contribution >= 4 is 16.6 Å². The number of ketones is 1. The summed E-state index contributed by atoms with van der Waals surface area (Å²) in [6.45, 7) is 1.96. The Labute approximate surface area is 126 Å². The normalized spacial score (nSPS) is 13.2. The second-order valence-electron chi connectivity index (χ2n) is 5.41. The molecule has 0 saturated carbocycles. The Kier molecular flexibility index (Phi) is 2.66. The highest BCUT2D eigenvalue weighted by Gasteiger charge is 2.29. The quantitative estimate of drug-likeness (QED) is 0.692. The fourth-order valence-electron chi connectivity index (χ4n) is 2.87. The van der Waals surface area contributed by atoms with Crippen LogP contribution in [0, 0.1) is 6.92 Å². The highest BCUT2D eigenvalue weighted by molar-refractivity contribution is 6.12. The molecule has 4 heteroatoms. The molecule has 0 bridgehead atoms. The molecule has 0 aliphatic carbocycles. The lowest BCUT2D eigenvalue weighted by molar-refractivity contribution is 0.0961. The van der Waals surface area contributed by atoms with Gasteiger partial charge < -0.3 is 4.74 Å². The molecule has 0 N–H and O–H groups in total. The number of fused-ring (bicyclic) bond motifs is 3. The zero-order valence-corrected chi connectivity index (χ0v) is 12.0. The SMILES string of the molecule is Cc1ccc(-n2c3c(c4ccccc4c2=O)C(=O)CO3)cc1. The van der Waals surface area contributed by atoms with Gasteiger partial charge in [-0.15, -0.1) is 0 Å². The standard InChI is InChI=1S/C18H13NO3/c1-11-6-8-12(9-7-11)19-17(21)14-5-3-2-4-13(14)16-15(20)10-22-18(16)19/h2-9H,10H2,1H3. The van der Waals surface area contributed by atoms with Crippen molar-refractivity contribution in [2.75, 3.05) is 6.61 Å². The Morgan fingerprint density at radius 3 is 2.36 bits per heavy atom. The molecule has 0 spiro atoms. The monoisotopic (exact) mass is 291 g/mol. The smallest absolute Gasteiger partial charge is 0.265 e. The van der Waals surface area contributed by atoms with E-state index in [4.69, 9.17) is 4.74 Å². The Morgan fingerprint density at radius 2 is 1.64 bits per heavy atom. The van der Waals surface area contributed by atoms with Gasteiger partial charge >= 0.3 is 0 Å². The Hall–Kier alpha value is -2.88. The van der Waals surface area contributed by atoms with E-state index in [1.54, 1.807) is 18.2 Å². The predicted molar refractivity (Wildman–Crippen MR) is 84.1 cm³/mol. The van der Waals surface area contributed by atoms with Crippen LogP contribution in [0.25, 0.3) is 16.5 Å². The van der Waals surface area contributed by atoms with Crippen molar-refractivity contribution in [2.24, 2.45) is 0 Å². The molecule has 1 aromatic heterocycles. The molecular formula is C18H13NO3. The molecule has 4 nitrogen and oxygen atoms in total. The number of aromatic nitrogens is 1. The lowest BCUT2D eigenvalue weighted by Gasteiger charge is -2.13. The summed E-state index contributed by atoms with van der Waals surface area (Å²) in [5.41, 5.74) is 2.13. The number of hydrogen-bond acceptors (Lipinski definition) is 3. The lowest BCUT2D eigenvalue weighted by atomic mass is 10.0. The third-order valence-corrected chi connectivity index (χ3v) is 3.96. The van der Waals surface area contributed by atoms with Crippen molar-refractivity contribution in [3.8, 4) is 11.6 Å². The Morgan fingerprint density at radius 1 is 0.955 bits per heavy atom. The number of rotatable bonds is 1. The van der Waals surface area contributed by atoms with Gasteiger partial charge in [-0.25, -0.2) is 4.57 Å². The van der Waals surface area contributed by atoms with E-state index in [0.29, 0.717) is 27.9 Å². The van der Waals surface area contributed by atoms with E-state index in [1.165, 1.54) is 4.57 Å². The third-order valence-electron chi connectivity index (χ3n) is 3.96. The van der Waals surface area contributed by atoms with E-state index >= 15 is 0 Å². The number of carbonyl (C=O) groups is 1. The molecule has 4 rings (SSSR count). The average molecular weight is 291 g/mol. The highest BCUT2D eigenvalue weighted by Crippen LogP contribution is 2.32. The van der Waals surface area contributed by atoms with E-state index in [-0.39, 0.29) is 17.9 Å². The second kappa shape index (κ2) is 4.56. The van der Waals surface area contributed by atoms with Gasteiger partial charge in [-0.1, -0.05) is 35.9 Å². The predicted octanol–water partition coefficient (Wildman–Crippen LogP) is 2.87. The number of carbonyl (C=O) groups excluding carboxylic acids is 1. The molecule has 0 atom stereocenters. The number of ether oxygens (including phenoxy) is 1. The summed E-state index contributed by atoms with van der Waals surface area (Å²) in [6.07, 6.45) is 0. The van der Waals surface area contributed by atoms with Gasteiger partial charge in [-0.2, -0.15) is 0 Å². The molecule has 22 heavy (non-hydrogen) atoms. The molecule has 2 aromatic carbocycles. The van der Waals surface area contributed by atoms with E-state index in [2.05, 4.69) is 0 Å². The average Bonchev–Trinajstić information content (AvgIpc) is 2.91. The molecule has 0 amide bonds. The first-order valence-corrected chi connectivity index (χ1v) is 7.07. The maximum absolute atomic E-state index is 12.9. The van der Waals surface area contributed by atoms with Crippen LogP contribution in [-0.4, -0.2) is 17.0 Å². The van der Waals surface area contributed by atoms with Crippen LogP contribution in [0.4, 0.5) is 0 Å². The van der Waals surface area contributed by atoms with Crippen molar-refractivity contribution in [1.29, 1.82) is 0 Å². The minimum absolute atomic E-state index is 0.0192. The fraction of sp³-hybridized carbons (Fsp3) is 0.111. The molecule has 0 saturated heterocycles. The summed E-state index contributed by atoms with van der Waals surface area (Å²) < 4.78 is 7.02. The number of Topliss-reactive ketones (excluding diaryl/α,β-unsaturated/α-hetero) is 1. The van der Waals surface area contributed by atoms with Crippen LogP contribution in [0.1, 0.15) is 15.9 Å². The number of aryl methyl sites for hydroxylation is 1. The molecule has 0 fully saturated rings. The maximum atomic E-state index is 12.9. The highest BCUT2D eigenvalue weighted by atomic mass is 16.5. The van der Waals surface area contributed by atoms with E-state index in [1.807, 2.05) is 37.3 Å². The summed E-state index contributed by atoms with van der Waals surface area (Å²) in [5, 5.41) is 1.19. The van der Waals surface area contributed by atoms with Gasteiger partial charge in [0.15, 0.2) is 6.61 Å². The van der Waals surface area contributed by atoms with Crippen LogP contribution < -0.4 is 10.3 Å². The summed E-state index contributed by atoms with van der Waals surface area (Å²) >= 11 is 0. The largest absolute Gasteiger partial charge is 0.470 e. The van der Waals surface area contributed by atoms with E-state index in [0.717, 1.165) is 5.56 Å². The van der Waals surface area contributed by atoms with Gasteiger partial charge in [0.1, 0.15) is 0 Å². The second-order valence-corrected chi connectivity index (χ2v) is 5.41. The zero-order valence-electron chi connectivity index (χ0n) is 12.0. The molecule has 2 heterocycles. The first-order chi connectivity index (χ1) is 10.7. The van der Waals surface area contributed by atoms with Gasteiger partial charge in [-0.05, 0) is 25.1 Å². The summed E-state index contributed by atoms with van der Waals surface area (Å²) in [6, 6.07) is 14.7. The summed E-state index contributed by atoms with van der Waals surface area (Å²) in [4.78, 5) is 25.0. The van der Waals surface area contributed by atoms with E-state index in [9.17, 15) is 9.59 Å². The van der Waals surface area contributed by atoms with Crippen molar-refractivity contribution in [3.05, 3.63) is 70.0 Å². The number of pyridine rings is 1. The van der Waals surface area contributed by atoms with Crippen LogP contribution in [0.15, 0.2) is 53.3 Å². The molecular weight excluding hydrogens is 278 g/mol. The van der Waals surface area contributed by atoms with Crippen molar-refractivity contribution in [2.45, 2.75) is 6.92 Å². The topological polar surface area (TPSA) is 48.3 Å². The van der Waals surface area contributed by atoms with Crippen LogP contribution in [-0.2, 0) is 0 Å². The van der Waals surface area contributed by atoms with Crippen LogP contribution in [0.3, 0.4) is 0 Å². The number of benzene rings is 2. The minimum atomic E-state index is -0.173. The maximum Gasteiger partial charge on any atom is 0.265 e. The van der Waals surface area contributed by atoms with Gasteiger partial charge in [-0.3, -0.25) is 9.59 Å².